The Hall–Kier alpha value is -2.37. The topological polar surface area (TPSA) is 67.2 Å². The number of phenols is 1. The minimum Gasteiger partial charge on any atom is -0.508 e. The van der Waals surface area contributed by atoms with E-state index < -0.39 is 5.82 Å². The van der Waals surface area contributed by atoms with E-state index >= 15 is 0 Å². The van der Waals surface area contributed by atoms with Crippen molar-refractivity contribution in [3.63, 3.8) is 0 Å². The number of carbonyl (C=O) groups is 1. The molecule has 20 heavy (non-hydrogen) atoms. The van der Waals surface area contributed by atoms with E-state index in [0.29, 0.717) is 5.56 Å². The molecule has 0 saturated carbocycles. The summed E-state index contributed by atoms with van der Waals surface area (Å²) < 4.78 is 15.4. The minimum absolute atomic E-state index is 0.0450. The van der Waals surface area contributed by atoms with Crippen LogP contribution in [0.15, 0.2) is 24.4 Å². The predicted octanol–water partition coefficient (Wildman–Crippen LogP) is 2.32. The number of fused-ring (bicyclic) bond motifs is 1. The Morgan fingerprint density at radius 3 is 3.05 bits per heavy atom. The number of aryl methyl sites for hydroxylation is 1. The van der Waals surface area contributed by atoms with Crippen LogP contribution in [0.4, 0.5) is 10.1 Å². The van der Waals surface area contributed by atoms with Crippen molar-refractivity contribution in [1.82, 2.24) is 9.78 Å². The molecule has 5 nitrogen and oxygen atoms in total. The molecule has 0 bridgehead atoms. The van der Waals surface area contributed by atoms with Gasteiger partial charge in [0, 0.05) is 12.6 Å². The first-order chi connectivity index (χ1) is 9.65. The highest BCUT2D eigenvalue weighted by Gasteiger charge is 2.20. The molecular formula is C14H14FN3O2. The van der Waals surface area contributed by atoms with Gasteiger partial charge >= 0.3 is 0 Å². The lowest BCUT2D eigenvalue weighted by molar-refractivity contribution is 0.102. The molecule has 1 aliphatic heterocycles. The normalized spacial score (nSPS) is 13.8. The maximum absolute atomic E-state index is 13.6. The number of carbonyl (C=O) groups excluding carboxylic acids is 1. The van der Waals surface area contributed by atoms with E-state index in [1.807, 2.05) is 4.68 Å². The molecule has 0 saturated heterocycles. The highest BCUT2D eigenvalue weighted by molar-refractivity contribution is 6.05. The molecule has 0 radical (unpaired) electrons. The van der Waals surface area contributed by atoms with Gasteiger partial charge in [-0.15, -0.1) is 0 Å². The third kappa shape index (κ3) is 2.24. The number of aromatic hydroxyl groups is 1. The Morgan fingerprint density at radius 1 is 1.40 bits per heavy atom. The number of aromatic nitrogens is 2. The SMILES string of the molecule is O=C(Nc1ccc(O)cc1F)c1cnn2c1CCCC2. The van der Waals surface area contributed by atoms with Gasteiger partial charge in [-0.1, -0.05) is 0 Å². The van der Waals surface area contributed by atoms with Crippen LogP contribution >= 0.6 is 0 Å². The van der Waals surface area contributed by atoms with Crippen LogP contribution in [0.2, 0.25) is 0 Å². The Kier molecular flexibility index (Phi) is 3.14. The van der Waals surface area contributed by atoms with Crippen LogP contribution < -0.4 is 5.32 Å². The van der Waals surface area contributed by atoms with Gasteiger partial charge in [0.2, 0.25) is 0 Å². The quantitative estimate of drug-likeness (QED) is 0.826. The van der Waals surface area contributed by atoms with Gasteiger partial charge in [-0.3, -0.25) is 9.48 Å². The molecular weight excluding hydrogens is 261 g/mol. The van der Waals surface area contributed by atoms with E-state index in [1.165, 1.54) is 18.3 Å². The lowest BCUT2D eigenvalue weighted by atomic mass is 10.1. The van der Waals surface area contributed by atoms with Crippen LogP contribution in [-0.4, -0.2) is 20.8 Å². The van der Waals surface area contributed by atoms with Crippen LogP contribution in [0.1, 0.15) is 28.9 Å². The standard InChI is InChI=1S/C14H14FN3O2/c15-11-7-9(19)4-5-12(11)17-14(20)10-8-16-18-6-2-1-3-13(10)18/h4-5,7-8,19H,1-3,6H2,(H,17,20). The Bertz CT molecular complexity index is 666. The highest BCUT2D eigenvalue weighted by atomic mass is 19.1. The number of phenolic OH excluding ortho intramolecular Hbond substituents is 1. The van der Waals surface area contributed by atoms with E-state index in [4.69, 9.17) is 5.11 Å². The molecule has 6 heteroatoms. The number of rotatable bonds is 2. The molecule has 104 valence electrons. The highest BCUT2D eigenvalue weighted by Crippen LogP contribution is 2.22. The van der Waals surface area contributed by atoms with Gasteiger partial charge in [-0.25, -0.2) is 4.39 Å². The summed E-state index contributed by atoms with van der Waals surface area (Å²) >= 11 is 0. The van der Waals surface area contributed by atoms with Crippen LogP contribution in [0.25, 0.3) is 0 Å². The van der Waals surface area contributed by atoms with Crippen molar-refractivity contribution in [3.8, 4) is 5.75 Å². The molecule has 2 heterocycles. The first kappa shape index (κ1) is 12.7. The summed E-state index contributed by atoms with van der Waals surface area (Å²) in [4.78, 5) is 12.2. The fourth-order valence-corrected chi connectivity index (χ4v) is 2.41. The van der Waals surface area contributed by atoms with Crippen molar-refractivity contribution >= 4 is 11.6 Å². The maximum atomic E-state index is 13.6. The second-order valence-electron chi connectivity index (χ2n) is 4.80. The van der Waals surface area contributed by atoms with Gasteiger partial charge in [0.15, 0.2) is 0 Å². The van der Waals surface area contributed by atoms with Gasteiger partial charge < -0.3 is 10.4 Å². The number of anilines is 1. The molecule has 3 rings (SSSR count). The number of hydrogen-bond acceptors (Lipinski definition) is 3. The average molecular weight is 275 g/mol. The van der Waals surface area contributed by atoms with Gasteiger partial charge in [0.1, 0.15) is 11.6 Å². The van der Waals surface area contributed by atoms with Gasteiger partial charge in [0.05, 0.1) is 23.1 Å². The smallest absolute Gasteiger partial charge is 0.259 e. The molecule has 0 atom stereocenters. The van der Waals surface area contributed by atoms with Crippen molar-refractivity contribution in [2.45, 2.75) is 25.8 Å². The van der Waals surface area contributed by atoms with E-state index in [0.717, 1.165) is 37.6 Å². The summed E-state index contributed by atoms with van der Waals surface area (Å²) in [7, 11) is 0. The number of nitrogens with one attached hydrogen (secondary N) is 1. The fourth-order valence-electron chi connectivity index (χ4n) is 2.41. The van der Waals surface area contributed by atoms with E-state index in [1.54, 1.807) is 0 Å². The van der Waals surface area contributed by atoms with Crippen molar-refractivity contribution in [3.05, 3.63) is 41.5 Å². The number of amides is 1. The first-order valence-electron chi connectivity index (χ1n) is 6.50. The predicted molar refractivity (Wildman–Crippen MR) is 71.2 cm³/mol. The third-order valence-corrected chi connectivity index (χ3v) is 3.43. The zero-order valence-corrected chi connectivity index (χ0v) is 10.8. The fraction of sp³-hybridized carbons (Fsp3) is 0.286. The molecule has 2 aromatic rings. The number of nitrogens with zero attached hydrogens (tertiary/aromatic N) is 2. The summed E-state index contributed by atoms with van der Waals surface area (Å²) in [5, 5.41) is 15.8. The van der Waals surface area contributed by atoms with Crippen molar-refractivity contribution in [2.24, 2.45) is 0 Å². The zero-order valence-electron chi connectivity index (χ0n) is 10.8. The van der Waals surface area contributed by atoms with Crippen molar-refractivity contribution in [1.29, 1.82) is 0 Å². The summed E-state index contributed by atoms with van der Waals surface area (Å²) in [6.45, 7) is 0.816. The van der Waals surface area contributed by atoms with Crippen LogP contribution in [0.5, 0.6) is 5.75 Å². The number of benzene rings is 1. The van der Waals surface area contributed by atoms with E-state index in [2.05, 4.69) is 10.4 Å². The second-order valence-corrected chi connectivity index (χ2v) is 4.80. The summed E-state index contributed by atoms with van der Waals surface area (Å²) in [6, 6.07) is 3.62. The van der Waals surface area contributed by atoms with E-state index in [-0.39, 0.29) is 17.3 Å². The average Bonchev–Trinajstić information content (AvgIpc) is 2.86. The van der Waals surface area contributed by atoms with Crippen LogP contribution in [0, 0.1) is 5.82 Å². The zero-order chi connectivity index (χ0) is 14.1. The summed E-state index contributed by atoms with van der Waals surface area (Å²) in [6.07, 6.45) is 4.41. The van der Waals surface area contributed by atoms with Crippen molar-refractivity contribution < 1.29 is 14.3 Å². The van der Waals surface area contributed by atoms with Gasteiger partial charge in [-0.2, -0.15) is 5.10 Å². The Balaban J connectivity index is 1.84. The summed E-state index contributed by atoms with van der Waals surface area (Å²) in [5.74, 6) is -1.22. The van der Waals surface area contributed by atoms with Crippen molar-refractivity contribution in [2.75, 3.05) is 5.32 Å². The monoisotopic (exact) mass is 275 g/mol. The first-order valence-corrected chi connectivity index (χ1v) is 6.50. The molecule has 1 aromatic heterocycles. The van der Waals surface area contributed by atoms with Crippen LogP contribution in [0.3, 0.4) is 0 Å². The molecule has 2 N–H and O–H groups in total. The largest absolute Gasteiger partial charge is 0.508 e. The molecule has 0 fully saturated rings. The molecule has 0 spiro atoms. The molecule has 0 unspecified atom stereocenters. The molecule has 1 amide bonds. The van der Waals surface area contributed by atoms with Gasteiger partial charge in [0.25, 0.3) is 5.91 Å². The minimum atomic E-state index is -0.667. The number of hydrogen-bond donors (Lipinski definition) is 2. The Morgan fingerprint density at radius 2 is 2.25 bits per heavy atom. The molecule has 1 aliphatic rings. The molecule has 1 aromatic carbocycles. The Labute approximate surface area is 115 Å². The maximum Gasteiger partial charge on any atom is 0.259 e. The van der Waals surface area contributed by atoms with Gasteiger partial charge in [-0.05, 0) is 31.4 Å². The lowest BCUT2D eigenvalue weighted by Crippen LogP contribution is -2.18. The molecule has 0 aliphatic carbocycles. The number of halogens is 1. The lowest BCUT2D eigenvalue weighted by Gasteiger charge is -2.14. The van der Waals surface area contributed by atoms with Crippen LogP contribution in [-0.2, 0) is 13.0 Å². The van der Waals surface area contributed by atoms with E-state index in [9.17, 15) is 9.18 Å². The third-order valence-electron chi connectivity index (χ3n) is 3.43. The second kappa shape index (κ2) is 4.96. The summed E-state index contributed by atoms with van der Waals surface area (Å²) in [5.41, 5.74) is 1.42.